The van der Waals surface area contributed by atoms with Crippen LogP contribution in [0.15, 0.2) is 35.7 Å². The predicted molar refractivity (Wildman–Crippen MR) is 82.6 cm³/mol. The number of halogens is 1. The van der Waals surface area contributed by atoms with Gasteiger partial charge in [-0.1, -0.05) is 17.7 Å². The zero-order valence-electron chi connectivity index (χ0n) is 10.5. The summed E-state index contributed by atoms with van der Waals surface area (Å²) in [6.07, 6.45) is 0.598. The normalized spacial score (nSPS) is 11.1. The molecule has 0 unspecified atom stereocenters. The molecule has 5 heteroatoms. The number of aromatic nitrogens is 1. The second kappa shape index (κ2) is 5.31. The number of hydrogen-bond donors (Lipinski definition) is 2. The summed E-state index contributed by atoms with van der Waals surface area (Å²) in [6.45, 7) is 0. The predicted octanol–water partition coefficient (Wildman–Crippen LogP) is 4.57. The van der Waals surface area contributed by atoms with E-state index in [4.69, 9.17) is 16.7 Å². The average molecular weight is 306 g/mol. The van der Waals surface area contributed by atoms with E-state index in [1.165, 1.54) is 0 Å². The highest BCUT2D eigenvalue weighted by Gasteiger charge is 2.15. The zero-order valence-corrected chi connectivity index (χ0v) is 12.1. The molecule has 102 valence electrons. The molecular formula is C15H12ClNO2S. The fourth-order valence-electron chi connectivity index (χ4n) is 2.34. The van der Waals surface area contributed by atoms with Crippen LogP contribution in [0.4, 0.5) is 0 Å². The molecule has 0 aliphatic rings. The van der Waals surface area contributed by atoms with Crippen molar-refractivity contribution < 1.29 is 9.90 Å². The molecule has 0 fully saturated rings. The van der Waals surface area contributed by atoms with Crippen molar-refractivity contribution in [1.82, 2.24) is 4.98 Å². The molecule has 0 aliphatic heterocycles. The maximum Gasteiger partial charge on any atom is 0.303 e. The van der Waals surface area contributed by atoms with Crippen molar-refractivity contribution in [3.8, 4) is 10.6 Å². The number of carboxylic acid groups (broad SMARTS) is 1. The van der Waals surface area contributed by atoms with Gasteiger partial charge in [-0.25, -0.2) is 0 Å². The van der Waals surface area contributed by atoms with Gasteiger partial charge in [0.15, 0.2) is 0 Å². The van der Waals surface area contributed by atoms with Crippen LogP contribution in [0.3, 0.4) is 0 Å². The van der Waals surface area contributed by atoms with Gasteiger partial charge in [0, 0.05) is 22.3 Å². The molecule has 20 heavy (non-hydrogen) atoms. The Hall–Kier alpha value is -1.78. The first-order valence-electron chi connectivity index (χ1n) is 6.21. The summed E-state index contributed by atoms with van der Waals surface area (Å²) in [5, 5.41) is 12.6. The Morgan fingerprint density at radius 3 is 2.90 bits per heavy atom. The van der Waals surface area contributed by atoms with E-state index < -0.39 is 5.97 Å². The van der Waals surface area contributed by atoms with E-state index in [2.05, 4.69) is 4.98 Å². The molecule has 3 rings (SSSR count). The number of aryl methyl sites for hydroxylation is 1. The Labute approximate surface area is 124 Å². The number of rotatable bonds is 4. The van der Waals surface area contributed by atoms with Crippen LogP contribution < -0.4 is 0 Å². The Morgan fingerprint density at radius 2 is 2.20 bits per heavy atom. The number of fused-ring (bicyclic) bond motifs is 1. The Bertz CT molecular complexity index is 762. The van der Waals surface area contributed by atoms with Gasteiger partial charge < -0.3 is 10.1 Å². The smallest absolute Gasteiger partial charge is 0.303 e. The highest BCUT2D eigenvalue weighted by Crippen LogP contribution is 2.34. The van der Waals surface area contributed by atoms with E-state index in [-0.39, 0.29) is 6.42 Å². The van der Waals surface area contributed by atoms with Gasteiger partial charge in [0.2, 0.25) is 0 Å². The molecule has 0 saturated heterocycles. The first-order valence-corrected chi connectivity index (χ1v) is 7.46. The standard InChI is InChI=1S/C15H12ClNO2S/c16-9-3-5-12-11(8-9)10(4-6-14(18)19)15(17-12)13-2-1-7-20-13/h1-3,5,7-8,17H,4,6H2,(H,18,19). The van der Waals surface area contributed by atoms with Crippen molar-refractivity contribution in [1.29, 1.82) is 0 Å². The largest absolute Gasteiger partial charge is 0.481 e. The van der Waals surface area contributed by atoms with Crippen LogP contribution in [-0.4, -0.2) is 16.1 Å². The Kier molecular flexibility index (Phi) is 3.51. The van der Waals surface area contributed by atoms with Gasteiger partial charge in [-0.05, 0) is 41.6 Å². The first-order chi connectivity index (χ1) is 9.65. The van der Waals surface area contributed by atoms with Crippen molar-refractivity contribution >= 4 is 39.8 Å². The molecule has 3 aromatic rings. The minimum absolute atomic E-state index is 0.109. The van der Waals surface area contributed by atoms with Crippen LogP contribution in [-0.2, 0) is 11.2 Å². The zero-order chi connectivity index (χ0) is 14.1. The first kappa shape index (κ1) is 13.2. The molecule has 0 radical (unpaired) electrons. The van der Waals surface area contributed by atoms with Crippen LogP contribution in [0, 0.1) is 0 Å². The van der Waals surface area contributed by atoms with Crippen LogP contribution in [0.25, 0.3) is 21.5 Å². The minimum atomic E-state index is -0.793. The summed E-state index contributed by atoms with van der Waals surface area (Å²) in [4.78, 5) is 15.3. The van der Waals surface area contributed by atoms with Crippen molar-refractivity contribution in [2.75, 3.05) is 0 Å². The van der Waals surface area contributed by atoms with Crippen molar-refractivity contribution in [2.45, 2.75) is 12.8 Å². The van der Waals surface area contributed by atoms with E-state index in [1.807, 2.05) is 35.7 Å². The van der Waals surface area contributed by atoms with Crippen molar-refractivity contribution in [3.63, 3.8) is 0 Å². The van der Waals surface area contributed by atoms with E-state index in [0.717, 1.165) is 27.0 Å². The third kappa shape index (κ3) is 2.44. The molecule has 3 nitrogen and oxygen atoms in total. The summed E-state index contributed by atoms with van der Waals surface area (Å²) in [6, 6.07) is 9.67. The van der Waals surface area contributed by atoms with Gasteiger partial charge in [-0.15, -0.1) is 11.3 Å². The molecular weight excluding hydrogens is 294 g/mol. The van der Waals surface area contributed by atoms with Gasteiger partial charge >= 0.3 is 5.97 Å². The highest BCUT2D eigenvalue weighted by atomic mass is 35.5. The second-order valence-electron chi connectivity index (χ2n) is 4.54. The molecule has 0 saturated carbocycles. The summed E-state index contributed by atoms with van der Waals surface area (Å²) < 4.78 is 0. The van der Waals surface area contributed by atoms with Crippen LogP contribution in [0.1, 0.15) is 12.0 Å². The van der Waals surface area contributed by atoms with Crippen LogP contribution in [0.5, 0.6) is 0 Å². The van der Waals surface area contributed by atoms with Gasteiger partial charge in [0.25, 0.3) is 0 Å². The topological polar surface area (TPSA) is 53.1 Å². The molecule has 0 bridgehead atoms. The minimum Gasteiger partial charge on any atom is -0.481 e. The summed E-state index contributed by atoms with van der Waals surface area (Å²) >= 11 is 7.69. The lowest BCUT2D eigenvalue weighted by molar-refractivity contribution is -0.136. The number of carboxylic acids is 1. The van der Waals surface area contributed by atoms with E-state index in [0.29, 0.717) is 11.4 Å². The number of aromatic amines is 1. The third-order valence-corrected chi connectivity index (χ3v) is 4.35. The fraction of sp³-hybridized carbons (Fsp3) is 0.133. The average Bonchev–Trinajstić information content (AvgIpc) is 3.02. The molecule has 0 amide bonds. The Morgan fingerprint density at radius 1 is 1.35 bits per heavy atom. The number of carbonyl (C=O) groups is 1. The maximum absolute atomic E-state index is 10.9. The summed E-state index contributed by atoms with van der Waals surface area (Å²) in [5.41, 5.74) is 3.00. The molecule has 2 aromatic heterocycles. The Balaban J connectivity index is 2.17. The molecule has 2 N–H and O–H groups in total. The van der Waals surface area contributed by atoms with Gasteiger partial charge in [0.05, 0.1) is 10.6 Å². The lowest BCUT2D eigenvalue weighted by Crippen LogP contribution is -1.97. The van der Waals surface area contributed by atoms with Crippen molar-refractivity contribution in [3.05, 3.63) is 46.3 Å². The van der Waals surface area contributed by atoms with Crippen molar-refractivity contribution in [2.24, 2.45) is 0 Å². The van der Waals surface area contributed by atoms with Gasteiger partial charge in [0.1, 0.15) is 0 Å². The van der Waals surface area contributed by atoms with E-state index in [9.17, 15) is 4.79 Å². The summed E-state index contributed by atoms with van der Waals surface area (Å²) in [7, 11) is 0. The maximum atomic E-state index is 10.9. The number of thiophene rings is 1. The van der Waals surface area contributed by atoms with E-state index in [1.54, 1.807) is 11.3 Å². The quantitative estimate of drug-likeness (QED) is 0.742. The molecule has 1 aromatic carbocycles. The van der Waals surface area contributed by atoms with Crippen LogP contribution >= 0.6 is 22.9 Å². The SMILES string of the molecule is O=C(O)CCc1c(-c2cccs2)[nH]c2ccc(Cl)cc12. The van der Waals surface area contributed by atoms with Gasteiger partial charge in [-0.2, -0.15) is 0 Å². The number of benzene rings is 1. The number of nitrogens with one attached hydrogen (secondary N) is 1. The highest BCUT2D eigenvalue weighted by molar-refractivity contribution is 7.13. The molecule has 2 heterocycles. The molecule has 0 aliphatic carbocycles. The lowest BCUT2D eigenvalue weighted by atomic mass is 10.0. The third-order valence-electron chi connectivity index (χ3n) is 3.22. The number of aliphatic carboxylic acids is 1. The number of H-pyrrole nitrogens is 1. The second-order valence-corrected chi connectivity index (χ2v) is 5.92. The molecule has 0 atom stereocenters. The number of hydrogen-bond acceptors (Lipinski definition) is 2. The lowest BCUT2D eigenvalue weighted by Gasteiger charge is -2.01. The fourth-order valence-corrected chi connectivity index (χ4v) is 3.27. The van der Waals surface area contributed by atoms with Gasteiger partial charge in [-0.3, -0.25) is 4.79 Å². The monoisotopic (exact) mass is 305 g/mol. The van der Waals surface area contributed by atoms with E-state index >= 15 is 0 Å². The van der Waals surface area contributed by atoms with Crippen LogP contribution in [0.2, 0.25) is 5.02 Å². The summed E-state index contributed by atoms with van der Waals surface area (Å²) in [5.74, 6) is -0.793. The molecule has 0 spiro atoms.